The number of furan rings is 1. The highest BCUT2D eigenvalue weighted by Crippen LogP contribution is 2.43. The molecule has 11 nitrogen and oxygen atoms in total. The average Bonchev–Trinajstić information content (AvgIpc) is 3.89. The fourth-order valence-corrected chi connectivity index (χ4v) is 7.24. The third-order valence-electron chi connectivity index (χ3n) is 10.1. The van der Waals surface area contributed by atoms with E-state index >= 15 is 0 Å². The van der Waals surface area contributed by atoms with Crippen LogP contribution in [-0.2, 0) is 50.3 Å². The molecule has 0 radical (unpaired) electrons. The lowest BCUT2D eigenvalue weighted by molar-refractivity contribution is -0.161. The summed E-state index contributed by atoms with van der Waals surface area (Å²) >= 11 is 0. The number of carbonyl (C=O) groups is 2. The third-order valence-corrected chi connectivity index (χ3v) is 11.1. The molecule has 0 aromatic carbocycles. The number of epoxide rings is 1. The van der Waals surface area contributed by atoms with Crippen molar-refractivity contribution in [1.82, 2.24) is 0 Å². The van der Waals surface area contributed by atoms with Gasteiger partial charge in [0.25, 0.3) is 0 Å². The minimum absolute atomic E-state index is 0.0355. The van der Waals surface area contributed by atoms with Crippen molar-refractivity contribution in [2.75, 3.05) is 26.4 Å². The first-order chi connectivity index (χ1) is 27.6. The molecule has 1 aromatic heterocycles. The Labute approximate surface area is 344 Å². The van der Waals surface area contributed by atoms with Gasteiger partial charge in [-0.05, 0) is 89.2 Å². The van der Waals surface area contributed by atoms with Gasteiger partial charge in [0, 0.05) is 32.2 Å². The minimum Gasteiger partial charge on any atom is -0.466 e. The standard InChI is InChI=1S/C45H76NO10P/c1-5-7-8-9-17-23-29-42-43(56-42)30-24-19-14-12-16-21-26-32-45(48)54-39(36-53-57(49,50)52-34-33-46)35-51-44(47)31-25-20-15-11-10-13-18-22-28-41-38(4)37(3)40(55-41)27-6-2/h12,16-17,19,23-24,39,42-43H,5-11,13-15,18,20-22,25-36,46H2,1-4H3,(H,49,50)/b16-12-,23-17-,24-19-/t39-,42?,43?/m1/s1. The van der Waals surface area contributed by atoms with Gasteiger partial charge in [-0.25, -0.2) is 4.57 Å². The van der Waals surface area contributed by atoms with Gasteiger partial charge in [0.15, 0.2) is 6.10 Å². The second-order valence-corrected chi connectivity index (χ2v) is 16.6. The highest BCUT2D eigenvalue weighted by Gasteiger charge is 2.36. The molecule has 1 saturated heterocycles. The van der Waals surface area contributed by atoms with E-state index in [1.54, 1.807) is 0 Å². The van der Waals surface area contributed by atoms with E-state index in [1.165, 1.54) is 49.7 Å². The fraction of sp³-hybridized carbons (Fsp3) is 0.733. The molecule has 0 bridgehead atoms. The van der Waals surface area contributed by atoms with E-state index in [-0.39, 0.29) is 32.6 Å². The summed E-state index contributed by atoms with van der Waals surface area (Å²) in [6, 6.07) is 0. The lowest BCUT2D eigenvalue weighted by atomic mass is 10.0. The molecule has 0 aliphatic carbocycles. The number of rotatable bonds is 36. The van der Waals surface area contributed by atoms with E-state index in [9.17, 15) is 19.0 Å². The molecule has 57 heavy (non-hydrogen) atoms. The zero-order valence-electron chi connectivity index (χ0n) is 35.7. The van der Waals surface area contributed by atoms with E-state index in [0.29, 0.717) is 31.5 Å². The summed E-state index contributed by atoms with van der Waals surface area (Å²) in [6.07, 6.45) is 33.4. The van der Waals surface area contributed by atoms with Crippen molar-refractivity contribution >= 4 is 19.8 Å². The van der Waals surface area contributed by atoms with Crippen LogP contribution in [0, 0.1) is 13.8 Å². The largest absolute Gasteiger partial charge is 0.472 e. The molecule has 2 heterocycles. The van der Waals surface area contributed by atoms with Crippen LogP contribution in [0.2, 0.25) is 0 Å². The minimum atomic E-state index is -4.41. The number of nitrogens with two attached hydrogens (primary N) is 1. The van der Waals surface area contributed by atoms with Crippen molar-refractivity contribution in [1.29, 1.82) is 0 Å². The molecule has 1 aliphatic heterocycles. The lowest BCUT2D eigenvalue weighted by Crippen LogP contribution is -2.29. The van der Waals surface area contributed by atoms with Crippen LogP contribution in [0.3, 0.4) is 0 Å². The molecular formula is C45H76NO10P. The Balaban J connectivity index is 1.58. The normalized spacial score (nSPS) is 17.2. The number of aryl methyl sites for hydroxylation is 2. The smallest absolute Gasteiger partial charge is 0.466 e. The van der Waals surface area contributed by atoms with Crippen molar-refractivity contribution in [2.45, 2.75) is 187 Å². The molecule has 3 N–H and O–H groups in total. The predicted molar refractivity (Wildman–Crippen MR) is 227 cm³/mol. The van der Waals surface area contributed by atoms with Crippen LogP contribution in [0.15, 0.2) is 40.9 Å². The molecule has 4 atom stereocenters. The molecule has 326 valence electrons. The van der Waals surface area contributed by atoms with Crippen LogP contribution in [0.4, 0.5) is 0 Å². The van der Waals surface area contributed by atoms with Gasteiger partial charge < -0.3 is 29.3 Å². The maximum absolute atomic E-state index is 12.6. The number of allylic oxidation sites excluding steroid dienone is 4. The lowest BCUT2D eigenvalue weighted by Gasteiger charge is -2.19. The molecule has 1 fully saturated rings. The first kappa shape index (κ1) is 50.6. The van der Waals surface area contributed by atoms with Crippen LogP contribution < -0.4 is 5.73 Å². The van der Waals surface area contributed by atoms with Crippen molar-refractivity contribution in [3.63, 3.8) is 0 Å². The van der Waals surface area contributed by atoms with Gasteiger partial charge in [0.05, 0.1) is 25.4 Å². The maximum atomic E-state index is 12.6. The maximum Gasteiger partial charge on any atom is 0.472 e. The number of phosphoric acid groups is 1. The van der Waals surface area contributed by atoms with Gasteiger partial charge in [0.1, 0.15) is 18.1 Å². The van der Waals surface area contributed by atoms with Gasteiger partial charge in [-0.2, -0.15) is 0 Å². The molecule has 3 unspecified atom stereocenters. The van der Waals surface area contributed by atoms with Crippen molar-refractivity contribution in [3.05, 3.63) is 59.1 Å². The quantitative estimate of drug-likeness (QED) is 0.0218. The van der Waals surface area contributed by atoms with E-state index in [2.05, 4.69) is 58.1 Å². The Morgan fingerprint density at radius 3 is 2.00 bits per heavy atom. The van der Waals surface area contributed by atoms with Crippen molar-refractivity contribution in [3.8, 4) is 0 Å². The van der Waals surface area contributed by atoms with Gasteiger partial charge >= 0.3 is 19.8 Å². The SMILES string of the molecule is CCCCC/C=C\CC1OC1C/C=C\C/C=C\CCCC(=O)O[C@H](COC(=O)CCCCCCCCCCc1oc(CCC)c(C)c1C)COP(=O)(O)OCCN. The van der Waals surface area contributed by atoms with E-state index in [4.69, 9.17) is 33.4 Å². The summed E-state index contributed by atoms with van der Waals surface area (Å²) in [5, 5.41) is 0. The summed E-state index contributed by atoms with van der Waals surface area (Å²) in [7, 11) is -4.41. The topological polar surface area (TPSA) is 160 Å². The summed E-state index contributed by atoms with van der Waals surface area (Å²) in [6.45, 7) is 7.84. The second-order valence-electron chi connectivity index (χ2n) is 15.2. The van der Waals surface area contributed by atoms with E-state index in [1.807, 2.05) is 6.08 Å². The van der Waals surface area contributed by atoms with Crippen LogP contribution >= 0.6 is 7.82 Å². The molecule has 1 aromatic rings. The van der Waals surface area contributed by atoms with Gasteiger partial charge in [-0.15, -0.1) is 0 Å². The highest BCUT2D eigenvalue weighted by atomic mass is 31.2. The zero-order valence-corrected chi connectivity index (χ0v) is 36.6. The Morgan fingerprint density at radius 2 is 1.32 bits per heavy atom. The molecule has 12 heteroatoms. The number of carbonyl (C=O) groups excluding carboxylic acids is 2. The van der Waals surface area contributed by atoms with Crippen LogP contribution in [0.25, 0.3) is 0 Å². The van der Waals surface area contributed by atoms with E-state index < -0.39 is 32.5 Å². The number of esters is 2. The second kappa shape index (κ2) is 31.4. The fourth-order valence-electron chi connectivity index (χ4n) is 6.48. The number of unbranched alkanes of at least 4 members (excludes halogenated alkanes) is 11. The van der Waals surface area contributed by atoms with E-state index in [0.717, 1.165) is 82.1 Å². The highest BCUT2D eigenvalue weighted by molar-refractivity contribution is 7.47. The predicted octanol–water partition coefficient (Wildman–Crippen LogP) is 10.8. The average molecular weight is 822 g/mol. The zero-order chi connectivity index (χ0) is 41.6. The summed E-state index contributed by atoms with van der Waals surface area (Å²) in [5.41, 5.74) is 7.97. The number of hydrogen-bond acceptors (Lipinski definition) is 10. The summed E-state index contributed by atoms with van der Waals surface area (Å²) in [4.78, 5) is 35.0. The molecule has 2 rings (SSSR count). The van der Waals surface area contributed by atoms with Gasteiger partial charge in [-0.1, -0.05) is 102 Å². The van der Waals surface area contributed by atoms with Crippen LogP contribution in [0.5, 0.6) is 0 Å². The first-order valence-corrected chi connectivity index (χ1v) is 23.4. The Kier molecular flexibility index (Phi) is 27.9. The molecule has 1 aliphatic rings. The third kappa shape index (κ3) is 24.9. The van der Waals surface area contributed by atoms with Gasteiger partial charge in [0.2, 0.25) is 0 Å². The first-order valence-electron chi connectivity index (χ1n) is 21.9. The Morgan fingerprint density at radius 1 is 0.719 bits per heavy atom. The van der Waals surface area contributed by atoms with Crippen LogP contribution in [-0.4, -0.2) is 61.5 Å². The van der Waals surface area contributed by atoms with Crippen molar-refractivity contribution in [2.24, 2.45) is 5.73 Å². The number of ether oxygens (including phenoxy) is 3. The van der Waals surface area contributed by atoms with Gasteiger partial charge in [-0.3, -0.25) is 18.6 Å². The summed E-state index contributed by atoms with van der Waals surface area (Å²) in [5.74, 6) is 1.37. The number of phosphoric ester groups is 1. The number of hydrogen-bond donors (Lipinski definition) is 2. The monoisotopic (exact) mass is 822 g/mol. The molecule has 0 saturated carbocycles. The summed E-state index contributed by atoms with van der Waals surface area (Å²) < 4.78 is 44.6. The van der Waals surface area contributed by atoms with Crippen molar-refractivity contribution < 1.29 is 46.7 Å². The molecular weight excluding hydrogens is 745 g/mol. The Hall–Kier alpha value is -2.53. The molecule has 0 amide bonds. The Bertz CT molecular complexity index is 1370. The van der Waals surface area contributed by atoms with Crippen LogP contribution in [0.1, 0.15) is 165 Å². The molecule has 0 spiro atoms.